The first-order valence-electron chi connectivity index (χ1n) is 10.6. The van der Waals surface area contributed by atoms with E-state index in [2.05, 4.69) is 52.0 Å². The Morgan fingerprint density at radius 1 is 0.840 bits per heavy atom. The molecule has 0 saturated carbocycles. The van der Waals surface area contributed by atoms with Crippen LogP contribution in [0.1, 0.15) is 79.1 Å². The summed E-state index contributed by atoms with van der Waals surface area (Å²) in [5.74, 6) is 0. The molecule has 3 rings (SSSR count). The Kier molecular flexibility index (Phi) is 6.50. The highest BCUT2D eigenvalue weighted by molar-refractivity contribution is 7.77. The molecule has 2 aliphatic heterocycles. The lowest BCUT2D eigenvalue weighted by Crippen LogP contribution is -2.32. The van der Waals surface area contributed by atoms with Gasteiger partial charge in [0.25, 0.3) is 0 Å². The molecule has 0 bridgehead atoms. The SMILES string of the molecule is CC[C@H]1CC[C@H](CC)P1c1ccccc1P1(=O)[C@@H](CC)CC[C@@H]1CC. The highest BCUT2D eigenvalue weighted by Crippen LogP contribution is 2.66. The fourth-order valence-electron chi connectivity index (χ4n) is 5.54. The molecule has 0 aliphatic carbocycles. The summed E-state index contributed by atoms with van der Waals surface area (Å²) in [7, 11) is -2.45. The Balaban J connectivity index is 2.11. The van der Waals surface area contributed by atoms with Crippen molar-refractivity contribution in [2.75, 3.05) is 0 Å². The Labute approximate surface area is 156 Å². The number of benzene rings is 1. The lowest BCUT2D eigenvalue weighted by Gasteiger charge is -2.32. The van der Waals surface area contributed by atoms with Gasteiger partial charge in [-0.05, 0) is 68.0 Å². The first-order valence-corrected chi connectivity index (χ1v) is 13.9. The van der Waals surface area contributed by atoms with Crippen LogP contribution in [0.4, 0.5) is 0 Å². The second kappa shape index (κ2) is 8.27. The first kappa shape index (κ1) is 19.6. The minimum Gasteiger partial charge on any atom is -0.318 e. The molecule has 0 radical (unpaired) electrons. The van der Waals surface area contributed by atoms with Crippen LogP contribution >= 0.6 is 15.1 Å². The molecule has 140 valence electrons. The zero-order chi connectivity index (χ0) is 18.0. The molecule has 2 heterocycles. The van der Waals surface area contributed by atoms with Crippen molar-refractivity contribution < 1.29 is 4.57 Å². The van der Waals surface area contributed by atoms with E-state index in [1.165, 1.54) is 49.1 Å². The zero-order valence-electron chi connectivity index (χ0n) is 16.6. The maximum absolute atomic E-state index is 14.5. The quantitative estimate of drug-likeness (QED) is 0.518. The first-order chi connectivity index (χ1) is 12.1. The van der Waals surface area contributed by atoms with Crippen LogP contribution in [0.25, 0.3) is 0 Å². The van der Waals surface area contributed by atoms with Crippen LogP contribution in [0.15, 0.2) is 24.3 Å². The smallest absolute Gasteiger partial charge is 0.122 e. The van der Waals surface area contributed by atoms with Gasteiger partial charge in [0.15, 0.2) is 0 Å². The summed E-state index contributed by atoms with van der Waals surface area (Å²) in [6.07, 6.45) is 9.84. The van der Waals surface area contributed by atoms with Crippen molar-refractivity contribution in [3.05, 3.63) is 24.3 Å². The van der Waals surface area contributed by atoms with Gasteiger partial charge in [-0.25, -0.2) is 0 Å². The van der Waals surface area contributed by atoms with Crippen LogP contribution in [0, 0.1) is 0 Å². The standard InChI is InChI=1S/C22H36OP2/c1-5-17-13-14-18(6-2)24(17)21-11-9-10-12-22(21)25(23)19(7-3)15-16-20(25)8-4/h9-12,17-20H,5-8,13-16H2,1-4H3/t17-,18-,19-,20-/m0/s1. The van der Waals surface area contributed by atoms with Crippen molar-refractivity contribution in [3.63, 3.8) is 0 Å². The molecule has 0 unspecified atom stereocenters. The molecule has 3 heteroatoms. The molecule has 2 fully saturated rings. The maximum Gasteiger partial charge on any atom is 0.122 e. The summed E-state index contributed by atoms with van der Waals surface area (Å²) in [5, 5.41) is 2.85. The van der Waals surface area contributed by atoms with E-state index in [-0.39, 0.29) is 7.92 Å². The van der Waals surface area contributed by atoms with Gasteiger partial charge in [-0.3, -0.25) is 0 Å². The monoisotopic (exact) mass is 378 g/mol. The molecule has 2 saturated heterocycles. The molecular weight excluding hydrogens is 342 g/mol. The Bertz CT molecular complexity index is 598. The van der Waals surface area contributed by atoms with Gasteiger partial charge >= 0.3 is 0 Å². The van der Waals surface area contributed by atoms with Gasteiger partial charge in [0, 0.05) is 16.6 Å². The predicted molar refractivity (Wildman–Crippen MR) is 115 cm³/mol. The zero-order valence-corrected chi connectivity index (χ0v) is 18.4. The van der Waals surface area contributed by atoms with E-state index >= 15 is 0 Å². The highest BCUT2D eigenvalue weighted by atomic mass is 31.2. The van der Waals surface area contributed by atoms with Crippen LogP contribution < -0.4 is 10.6 Å². The molecular formula is C22H36OP2. The molecule has 1 aromatic rings. The van der Waals surface area contributed by atoms with Crippen LogP contribution in [0.2, 0.25) is 0 Å². The normalized spacial score (nSPS) is 32.3. The van der Waals surface area contributed by atoms with Crippen molar-refractivity contribution in [1.82, 2.24) is 0 Å². The molecule has 25 heavy (non-hydrogen) atoms. The van der Waals surface area contributed by atoms with Gasteiger partial charge in [0.2, 0.25) is 0 Å². The van der Waals surface area contributed by atoms with E-state index in [0.717, 1.165) is 24.2 Å². The second-order valence-electron chi connectivity index (χ2n) is 8.01. The molecule has 1 nitrogen and oxygen atoms in total. The molecule has 0 amide bonds. The molecule has 0 aromatic heterocycles. The lowest BCUT2D eigenvalue weighted by atomic mass is 10.1. The van der Waals surface area contributed by atoms with Gasteiger partial charge in [0.05, 0.1) is 0 Å². The van der Waals surface area contributed by atoms with Gasteiger partial charge in [-0.1, -0.05) is 59.9 Å². The van der Waals surface area contributed by atoms with Crippen molar-refractivity contribution in [2.24, 2.45) is 0 Å². The van der Waals surface area contributed by atoms with Crippen molar-refractivity contribution >= 4 is 25.7 Å². The molecule has 1 aromatic carbocycles. The fourth-order valence-corrected chi connectivity index (χ4v) is 14.3. The largest absolute Gasteiger partial charge is 0.318 e. The highest BCUT2D eigenvalue weighted by Gasteiger charge is 2.48. The second-order valence-corrected chi connectivity index (χ2v) is 14.1. The summed E-state index contributed by atoms with van der Waals surface area (Å²) >= 11 is 0. The fraction of sp³-hybridized carbons (Fsp3) is 0.727. The minimum atomic E-state index is -2.29. The van der Waals surface area contributed by atoms with E-state index in [9.17, 15) is 4.57 Å². The third-order valence-electron chi connectivity index (χ3n) is 6.96. The van der Waals surface area contributed by atoms with Crippen LogP contribution in [-0.4, -0.2) is 22.6 Å². The van der Waals surface area contributed by atoms with Gasteiger partial charge < -0.3 is 4.57 Å². The maximum atomic E-state index is 14.5. The van der Waals surface area contributed by atoms with Crippen LogP contribution in [-0.2, 0) is 4.57 Å². The third-order valence-corrected chi connectivity index (χ3v) is 15.5. The van der Waals surface area contributed by atoms with Crippen molar-refractivity contribution in [1.29, 1.82) is 0 Å². The van der Waals surface area contributed by atoms with E-state index in [0.29, 0.717) is 11.3 Å². The lowest BCUT2D eigenvalue weighted by molar-refractivity contribution is 0.569. The summed E-state index contributed by atoms with van der Waals surface area (Å²) in [5.41, 5.74) is 2.54. The van der Waals surface area contributed by atoms with Gasteiger partial charge in [0.1, 0.15) is 7.14 Å². The Morgan fingerprint density at radius 2 is 1.36 bits per heavy atom. The molecule has 4 atom stereocenters. The molecule has 0 spiro atoms. The average molecular weight is 378 g/mol. The van der Waals surface area contributed by atoms with Crippen LogP contribution in [0.3, 0.4) is 0 Å². The van der Waals surface area contributed by atoms with E-state index in [1.807, 2.05) is 0 Å². The summed E-state index contributed by atoms with van der Waals surface area (Å²) in [4.78, 5) is 0. The Morgan fingerprint density at radius 3 is 1.84 bits per heavy atom. The van der Waals surface area contributed by atoms with E-state index in [4.69, 9.17) is 0 Å². The summed E-state index contributed by atoms with van der Waals surface area (Å²) in [6.45, 7) is 9.23. The van der Waals surface area contributed by atoms with Gasteiger partial charge in [-0.15, -0.1) is 0 Å². The average Bonchev–Trinajstić information content (AvgIpc) is 3.22. The van der Waals surface area contributed by atoms with E-state index < -0.39 is 7.14 Å². The number of rotatable bonds is 6. The third kappa shape index (κ3) is 3.30. The van der Waals surface area contributed by atoms with Gasteiger partial charge in [-0.2, -0.15) is 0 Å². The summed E-state index contributed by atoms with van der Waals surface area (Å²) in [6, 6.07) is 9.01. The summed E-state index contributed by atoms with van der Waals surface area (Å²) < 4.78 is 14.5. The number of hydrogen-bond donors (Lipinski definition) is 0. The molecule has 0 N–H and O–H groups in total. The topological polar surface area (TPSA) is 17.1 Å². The Hall–Kier alpha value is -0.120. The predicted octanol–water partition coefficient (Wildman–Crippen LogP) is 6.48. The van der Waals surface area contributed by atoms with Crippen molar-refractivity contribution in [3.8, 4) is 0 Å². The molecule has 2 aliphatic rings. The minimum absolute atomic E-state index is 0.156. The van der Waals surface area contributed by atoms with Crippen LogP contribution in [0.5, 0.6) is 0 Å². The van der Waals surface area contributed by atoms with Crippen molar-refractivity contribution in [2.45, 2.75) is 102 Å². The number of hydrogen-bond acceptors (Lipinski definition) is 1. The van der Waals surface area contributed by atoms with E-state index in [1.54, 1.807) is 0 Å².